The summed E-state index contributed by atoms with van der Waals surface area (Å²) in [6.07, 6.45) is 11.7. The molecule has 2 rings (SSSR count). The molecule has 90 valence electrons. The highest BCUT2D eigenvalue weighted by molar-refractivity contribution is 6.09. The number of nitrogens with one attached hydrogen (secondary N) is 1. The summed E-state index contributed by atoms with van der Waals surface area (Å²) in [5, 5.41) is 7.80. The topological polar surface area (TPSA) is 23.9 Å². The highest BCUT2D eigenvalue weighted by Crippen LogP contribution is 2.18. The van der Waals surface area contributed by atoms with E-state index in [0.717, 1.165) is 5.57 Å². The van der Waals surface area contributed by atoms with E-state index in [4.69, 9.17) is 5.41 Å². The van der Waals surface area contributed by atoms with E-state index in [9.17, 15) is 0 Å². The van der Waals surface area contributed by atoms with Crippen LogP contribution in [0.4, 0.5) is 0 Å². The minimum atomic E-state index is 0.561. The van der Waals surface area contributed by atoms with Gasteiger partial charge in [0.1, 0.15) is 0 Å². The van der Waals surface area contributed by atoms with Gasteiger partial charge in [0.05, 0.1) is 5.71 Å². The first kappa shape index (κ1) is 12.3. The van der Waals surface area contributed by atoms with E-state index in [1.165, 1.54) is 16.7 Å². The second-order valence-electron chi connectivity index (χ2n) is 4.42. The summed E-state index contributed by atoms with van der Waals surface area (Å²) < 4.78 is 0. The molecule has 0 amide bonds. The van der Waals surface area contributed by atoms with Crippen LogP contribution >= 0.6 is 0 Å². The van der Waals surface area contributed by atoms with Gasteiger partial charge in [-0.05, 0) is 42.2 Å². The van der Waals surface area contributed by atoms with Gasteiger partial charge in [-0.15, -0.1) is 0 Å². The molecule has 1 aromatic carbocycles. The maximum Gasteiger partial charge on any atom is 0.0612 e. The van der Waals surface area contributed by atoms with Crippen LogP contribution in [0.15, 0.2) is 66.3 Å². The van der Waals surface area contributed by atoms with Crippen LogP contribution in [0.2, 0.25) is 0 Å². The maximum atomic E-state index is 7.80. The summed E-state index contributed by atoms with van der Waals surface area (Å²) in [5.41, 5.74) is 5.27. The van der Waals surface area contributed by atoms with Crippen LogP contribution in [-0.4, -0.2) is 5.71 Å². The molecule has 1 aromatic rings. The van der Waals surface area contributed by atoms with Crippen LogP contribution in [0, 0.1) is 12.3 Å². The van der Waals surface area contributed by atoms with Crippen molar-refractivity contribution in [3.8, 4) is 0 Å². The average molecular weight is 235 g/mol. The average Bonchev–Trinajstić information content (AvgIpc) is 2.38. The molecule has 0 bridgehead atoms. The molecule has 0 heterocycles. The fraction of sp³-hybridized carbons (Fsp3) is 0.118. The Balaban J connectivity index is 2.27. The number of benzene rings is 1. The van der Waals surface area contributed by atoms with Gasteiger partial charge >= 0.3 is 0 Å². The van der Waals surface area contributed by atoms with E-state index < -0.39 is 0 Å². The first-order chi connectivity index (χ1) is 8.68. The number of aryl methyl sites for hydroxylation is 1. The lowest BCUT2D eigenvalue weighted by Crippen LogP contribution is -1.96. The van der Waals surface area contributed by atoms with Crippen molar-refractivity contribution in [1.82, 2.24) is 0 Å². The van der Waals surface area contributed by atoms with Gasteiger partial charge in [0.15, 0.2) is 0 Å². The van der Waals surface area contributed by atoms with Crippen molar-refractivity contribution in [1.29, 1.82) is 5.41 Å². The molecule has 0 saturated heterocycles. The summed E-state index contributed by atoms with van der Waals surface area (Å²) in [6, 6.07) is 8.35. The summed E-state index contributed by atoms with van der Waals surface area (Å²) in [7, 11) is 0. The molecule has 1 heteroatoms. The fourth-order valence-corrected chi connectivity index (χ4v) is 1.96. The van der Waals surface area contributed by atoms with Crippen molar-refractivity contribution in [2.45, 2.75) is 13.8 Å². The van der Waals surface area contributed by atoms with Crippen LogP contribution in [0.5, 0.6) is 0 Å². The Kier molecular flexibility index (Phi) is 3.73. The van der Waals surface area contributed by atoms with E-state index in [0.29, 0.717) is 5.71 Å². The SMILES string of the molecule is C/C(=C\C=C1\C=CC=CC1=N)c1ccccc1C. The Morgan fingerprint density at radius 1 is 1.11 bits per heavy atom. The highest BCUT2D eigenvalue weighted by Gasteiger charge is 2.01. The monoisotopic (exact) mass is 235 g/mol. The quantitative estimate of drug-likeness (QED) is 0.782. The molecule has 1 nitrogen and oxygen atoms in total. The Bertz CT molecular complexity index is 583. The van der Waals surface area contributed by atoms with Gasteiger partial charge < -0.3 is 5.41 Å². The van der Waals surface area contributed by atoms with E-state index in [-0.39, 0.29) is 0 Å². The van der Waals surface area contributed by atoms with Gasteiger partial charge in [-0.25, -0.2) is 0 Å². The highest BCUT2D eigenvalue weighted by atomic mass is 14.4. The zero-order valence-corrected chi connectivity index (χ0v) is 10.8. The van der Waals surface area contributed by atoms with Crippen molar-refractivity contribution < 1.29 is 0 Å². The van der Waals surface area contributed by atoms with Crippen LogP contribution in [0.1, 0.15) is 18.1 Å². The molecular weight excluding hydrogens is 218 g/mol. The van der Waals surface area contributed by atoms with Crippen molar-refractivity contribution in [3.63, 3.8) is 0 Å². The summed E-state index contributed by atoms with van der Waals surface area (Å²) in [4.78, 5) is 0. The zero-order chi connectivity index (χ0) is 13.0. The second-order valence-corrected chi connectivity index (χ2v) is 4.42. The Morgan fingerprint density at radius 3 is 2.56 bits per heavy atom. The van der Waals surface area contributed by atoms with Crippen molar-refractivity contribution in [3.05, 3.63) is 77.4 Å². The number of hydrogen-bond acceptors (Lipinski definition) is 1. The molecule has 1 aliphatic rings. The molecule has 0 fully saturated rings. The first-order valence-electron chi connectivity index (χ1n) is 6.07. The van der Waals surface area contributed by atoms with E-state index in [1.807, 2.05) is 30.4 Å². The lowest BCUT2D eigenvalue weighted by molar-refractivity contribution is 1.41. The molecule has 1 N–H and O–H groups in total. The molecule has 18 heavy (non-hydrogen) atoms. The lowest BCUT2D eigenvalue weighted by Gasteiger charge is -2.06. The van der Waals surface area contributed by atoms with Crippen molar-refractivity contribution in [2.24, 2.45) is 0 Å². The maximum absolute atomic E-state index is 7.80. The molecule has 0 radical (unpaired) electrons. The molecule has 0 saturated carbocycles. The summed E-state index contributed by atoms with van der Waals surface area (Å²) in [5.74, 6) is 0. The molecule has 0 aromatic heterocycles. The molecule has 0 unspecified atom stereocenters. The Morgan fingerprint density at radius 2 is 1.83 bits per heavy atom. The normalized spacial score (nSPS) is 17.6. The van der Waals surface area contributed by atoms with Crippen LogP contribution in [0.3, 0.4) is 0 Å². The minimum Gasteiger partial charge on any atom is -0.300 e. The van der Waals surface area contributed by atoms with Crippen LogP contribution in [0.25, 0.3) is 5.57 Å². The molecule has 1 aliphatic carbocycles. The van der Waals surface area contributed by atoms with Gasteiger partial charge in [-0.3, -0.25) is 0 Å². The summed E-state index contributed by atoms with van der Waals surface area (Å²) in [6.45, 7) is 4.22. The third-order valence-corrected chi connectivity index (χ3v) is 3.04. The van der Waals surface area contributed by atoms with E-state index in [1.54, 1.807) is 0 Å². The lowest BCUT2D eigenvalue weighted by atomic mass is 10.00. The zero-order valence-electron chi connectivity index (χ0n) is 10.8. The second kappa shape index (κ2) is 5.46. The molecule has 0 spiro atoms. The third-order valence-electron chi connectivity index (χ3n) is 3.04. The molecular formula is C17H17N. The van der Waals surface area contributed by atoms with Crippen molar-refractivity contribution >= 4 is 11.3 Å². The van der Waals surface area contributed by atoms with Gasteiger partial charge in [-0.1, -0.05) is 54.6 Å². The number of hydrogen-bond donors (Lipinski definition) is 1. The summed E-state index contributed by atoms with van der Waals surface area (Å²) >= 11 is 0. The predicted molar refractivity (Wildman–Crippen MR) is 78.9 cm³/mol. The number of rotatable bonds is 2. The standard InChI is InChI=1S/C17H17N/c1-13-7-3-5-9-16(13)14(2)11-12-15-8-4-6-10-17(15)18/h3-12,18H,1-2H3/b14-11+,15-12-,18-17?. The fourth-order valence-electron chi connectivity index (χ4n) is 1.96. The Hall–Kier alpha value is -2.15. The first-order valence-corrected chi connectivity index (χ1v) is 6.07. The van der Waals surface area contributed by atoms with Gasteiger partial charge in [0.2, 0.25) is 0 Å². The Labute approximate surface area is 108 Å². The number of allylic oxidation sites excluding steroid dienone is 8. The predicted octanol–water partition coefficient (Wildman–Crippen LogP) is 4.47. The smallest absolute Gasteiger partial charge is 0.0612 e. The minimum absolute atomic E-state index is 0.561. The van der Waals surface area contributed by atoms with Gasteiger partial charge in [0.25, 0.3) is 0 Å². The van der Waals surface area contributed by atoms with Crippen LogP contribution in [-0.2, 0) is 0 Å². The van der Waals surface area contributed by atoms with E-state index in [2.05, 4.69) is 44.2 Å². The van der Waals surface area contributed by atoms with Crippen LogP contribution < -0.4 is 0 Å². The van der Waals surface area contributed by atoms with Gasteiger partial charge in [-0.2, -0.15) is 0 Å². The molecule has 0 aliphatic heterocycles. The third kappa shape index (κ3) is 2.75. The van der Waals surface area contributed by atoms with E-state index >= 15 is 0 Å². The largest absolute Gasteiger partial charge is 0.300 e. The van der Waals surface area contributed by atoms with Gasteiger partial charge in [0, 0.05) is 0 Å². The van der Waals surface area contributed by atoms with Crippen molar-refractivity contribution in [2.75, 3.05) is 0 Å². The molecule has 0 atom stereocenters.